The third-order valence-corrected chi connectivity index (χ3v) is 5.30. The van der Waals surface area contributed by atoms with Crippen LogP contribution in [-0.2, 0) is 11.3 Å². The Morgan fingerprint density at radius 3 is 3.00 bits per heavy atom. The molecule has 1 aromatic rings. The summed E-state index contributed by atoms with van der Waals surface area (Å²) in [6.07, 6.45) is 7.23. The van der Waals surface area contributed by atoms with E-state index >= 15 is 0 Å². The number of nitrogens with zero attached hydrogens (tertiary/aromatic N) is 3. The molecule has 0 saturated carbocycles. The predicted molar refractivity (Wildman–Crippen MR) is 85.6 cm³/mol. The zero-order chi connectivity index (χ0) is 15.7. The Hall–Kier alpha value is -0.910. The first-order valence-electron chi connectivity index (χ1n) is 8.54. The lowest BCUT2D eigenvalue weighted by Crippen LogP contribution is -2.52. The monoisotopic (exact) mass is 307 g/mol. The van der Waals surface area contributed by atoms with Crippen LogP contribution in [0.4, 0.5) is 0 Å². The van der Waals surface area contributed by atoms with Crippen molar-refractivity contribution >= 4 is 0 Å². The van der Waals surface area contributed by atoms with Gasteiger partial charge in [0.25, 0.3) is 0 Å². The average Bonchev–Trinajstić information content (AvgIpc) is 3.08. The van der Waals surface area contributed by atoms with E-state index in [1.165, 1.54) is 12.0 Å². The van der Waals surface area contributed by atoms with Gasteiger partial charge in [-0.1, -0.05) is 0 Å². The van der Waals surface area contributed by atoms with Crippen LogP contribution in [0.1, 0.15) is 51.6 Å². The van der Waals surface area contributed by atoms with Crippen molar-refractivity contribution in [1.82, 2.24) is 14.7 Å². The van der Waals surface area contributed by atoms with Crippen LogP contribution in [0.2, 0.25) is 0 Å². The standard InChI is InChI=1S/C17H29N3O2/c1-13(2)20-11-14(9-18-20)10-19-7-4-5-16(19)15-12-22-8-6-17(15,3)21/h9,11,13,15-16,21H,4-8,10,12H2,1-3H3/t15-,16-,17+/m1/s1. The smallest absolute Gasteiger partial charge is 0.0706 e. The van der Waals surface area contributed by atoms with E-state index in [4.69, 9.17) is 4.74 Å². The SMILES string of the molecule is CC(C)n1cc(CN2CCC[C@@H]2[C@H]2COCC[C@]2(C)O)cn1. The van der Waals surface area contributed by atoms with Crippen LogP contribution in [0.15, 0.2) is 12.4 Å². The van der Waals surface area contributed by atoms with Gasteiger partial charge >= 0.3 is 0 Å². The summed E-state index contributed by atoms with van der Waals surface area (Å²) in [4.78, 5) is 2.51. The van der Waals surface area contributed by atoms with Crippen LogP contribution in [0, 0.1) is 5.92 Å². The molecule has 0 aromatic carbocycles. The van der Waals surface area contributed by atoms with E-state index in [9.17, 15) is 5.11 Å². The fourth-order valence-corrected chi connectivity index (χ4v) is 3.86. The Morgan fingerprint density at radius 2 is 2.32 bits per heavy atom. The number of hydrogen-bond acceptors (Lipinski definition) is 4. The molecule has 22 heavy (non-hydrogen) atoms. The molecule has 3 atom stereocenters. The van der Waals surface area contributed by atoms with Crippen LogP contribution in [0.5, 0.6) is 0 Å². The number of rotatable bonds is 4. The predicted octanol–water partition coefficient (Wildman–Crippen LogP) is 2.22. The molecular weight excluding hydrogens is 278 g/mol. The van der Waals surface area contributed by atoms with Crippen molar-refractivity contribution in [1.29, 1.82) is 0 Å². The first-order valence-corrected chi connectivity index (χ1v) is 8.54. The first kappa shape index (κ1) is 16.0. The molecule has 2 fully saturated rings. The lowest BCUT2D eigenvalue weighted by atomic mass is 9.79. The maximum absolute atomic E-state index is 10.7. The fraction of sp³-hybridized carbons (Fsp3) is 0.824. The summed E-state index contributed by atoms with van der Waals surface area (Å²) in [5, 5.41) is 15.2. The van der Waals surface area contributed by atoms with Crippen molar-refractivity contribution in [2.75, 3.05) is 19.8 Å². The summed E-state index contributed by atoms with van der Waals surface area (Å²) in [5.41, 5.74) is 0.658. The van der Waals surface area contributed by atoms with E-state index < -0.39 is 5.60 Å². The molecule has 5 nitrogen and oxygen atoms in total. The van der Waals surface area contributed by atoms with E-state index in [1.807, 2.05) is 17.8 Å². The van der Waals surface area contributed by atoms with E-state index in [2.05, 4.69) is 30.0 Å². The Morgan fingerprint density at radius 1 is 1.50 bits per heavy atom. The molecule has 2 saturated heterocycles. The number of aromatic nitrogens is 2. The van der Waals surface area contributed by atoms with E-state index in [-0.39, 0.29) is 5.92 Å². The minimum absolute atomic E-state index is 0.212. The summed E-state index contributed by atoms with van der Waals surface area (Å²) in [6.45, 7) is 9.65. The zero-order valence-corrected chi connectivity index (χ0v) is 14.0. The van der Waals surface area contributed by atoms with Gasteiger partial charge in [-0.3, -0.25) is 9.58 Å². The maximum atomic E-state index is 10.7. The van der Waals surface area contributed by atoms with Crippen LogP contribution < -0.4 is 0 Å². The Balaban J connectivity index is 1.69. The maximum Gasteiger partial charge on any atom is 0.0706 e. The van der Waals surface area contributed by atoms with Gasteiger partial charge in [-0.15, -0.1) is 0 Å². The second-order valence-corrected chi connectivity index (χ2v) is 7.39. The highest BCUT2D eigenvalue weighted by Crippen LogP contribution is 2.36. The van der Waals surface area contributed by atoms with Crippen LogP contribution in [-0.4, -0.2) is 51.2 Å². The minimum Gasteiger partial charge on any atom is -0.390 e. The lowest BCUT2D eigenvalue weighted by molar-refractivity contribution is -0.123. The first-order chi connectivity index (χ1) is 10.5. The molecule has 2 aliphatic heterocycles. The normalized spacial score (nSPS) is 33.7. The molecular formula is C17H29N3O2. The molecule has 0 unspecified atom stereocenters. The van der Waals surface area contributed by atoms with Gasteiger partial charge in [-0.2, -0.15) is 5.10 Å². The van der Waals surface area contributed by atoms with Gasteiger partial charge in [0.1, 0.15) is 0 Å². The zero-order valence-electron chi connectivity index (χ0n) is 14.0. The number of aliphatic hydroxyl groups is 1. The molecule has 0 aliphatic carbocycles. The highest BCUT2D eigenvalue weighted by molar-refractivity contribution is 5.06. The summed E-state index contributed by atoms with van der Waals surface area (Å²) in [6, 6.07) is 0.813. The molecule has 0 amide bonds. The van der Waals surface area contributed by atoms with Gasteiger partial charge in [0.15, 0.2) is 0 Å². The average molecular weight is 307 g/mol. The van der Waals surface area contributed by atoms with Crippen molar-refractivity contribution in [3.05, 3.63) is 18.0 Å². The molecule has 1 aromatic heterocycles. The van der Waals surface area contributed by atoms with Crippen molar-refractivity contribution in [3.63, 3.8) is 0 Å². The topological polar surface area (TPSA) is 50.5 Å². The molecule has 124 valence electrons. The molecule has 2 aliphatic rings. The van der Waals surface area contributed by atoms with Crippen molar-refractivity contribution < 1.29 is 9.84 Å². The largest absolute Gasteiger partial charge is 0.390 e. The van der Waals surface area contributed by atoms with Crippen molar-refractivity contribution in [2.24, 2.45) is 5.92 Å². The summed E-state index contributed by atoms with van der Waals surface area (Å²) in [5.74, 6) is 0.212. The lowest BCUT2D eigenvalue weighted by Gasteiger charge is -2.43. The molecule has 0 bridgehead atoms. The third-order valence-electron chi connectivity index (χ3n) is 5.30. The minimum atomic E-state index is -0.604. The van der Waals surface area contributed by atoms with Crippen LogP contribution >= 0.6 is 0 Å². The highest BCUT2D eigenvalue weighted by atomic mass is 16.5. The second-order valence-electron chi connectivity index (χ2n) is 7.39. The molecule has 3 rings (SSSR count). The Labute approximate surface area is 133 Å². The van der Waals surface area contributed by atoms with Crippen molar-refractivity contribution in [3.8, 4) is 0 Å². The van der Waals surface area contributed by atoms with E-state index in [0.29, 0.717) is 25.3 Å². The number of ether oxygens (including phenoxy) is 1. The molecule has 1 N–H and O–H groups in total. The van der Waals surface area contributed by atoms with Gasteiger partial charge in [0, 0.05) is 42.9 Å². The van der Waals surface area contributed by atoms with E-state index in [0.717, 1.165) is 25.9 Å². The molecule has 5 heteroatoms. The van der Waals surface area contributed by atoms with Gasteiger partial charge in [-0.25, -0.2) is 0 Å². The van der Waals surface area contributed by atoms with E-state index in [1.54, 1.807) is 0 Å². The number of hydrogen-bond donors (Lipinski definition) is 1. The van der Waals surface area contributed by atoms with Gasteiger partial charge in [0.2, 0.25) is 0 Å². The third kappa shape index (κ3) is 3.21. The van der Waals surface area contributed by atoms with Crippen LogP contribution in [0.25, 0.3) is 0 Å². The fourth-order valence-electron chi connectivity index (χ4n) is 3.86. The van der Waals surface area contributed by atoms with Gasteiger partial charge in [0.05, 0.1) is 18.4 Å². The number of likely N-dealkylation sites (tertiary alicyclic amines) is 1. The second kappa shape index (κ2) is 6.30. The van der Waals surface area contributed by atoms with Gasteiger partial charge < -0.3 is 9.84 Å². The van der Waals surface area contributed by atoms with Gasteiger partial charge in [-0.05, 0) is 46.6 Å². The molecule has 0 radical (unpaired) electrons. The quantitative estimate of drug-likeness (QED) is 0.926. The highest BCUT2D eigenvalue weighted by Gasteiger charge is 2.43. The molecule has 0 spiro atoms. The van der Waals surface area contributed by atoms with Crippen LogP contribution in [0.3, 0.4) is 0 Å². The summed E-state index contributed by atoms with van der Waals surface area (Å²) in [7, 11) is 0. The Kier molecular flexibility index (Phi) is 4.57. The Bertz CT molecular complexity index is 498. The summed E-state index contributed by atoms with van der Waals surface area (Å²) < 4.78 is 7.68. The van der Waals surface area contributed by atoms with Crippen molar-refractivity contribution in [2.45, 2.75) is 64.3 Å². The molecule has 3 heterocycles. The summed E-state index contributed by atoms with van der Waals surface area (Å²) >= 11 is 0.